The smallest absolute Gasteiger partial charge is 0.0675 e. The number of hydrogen-bond acceptors (Lipinski definition) is 2. The third-order valence-corrected chi connectivity index (χ3v) is 15.8. The molecule has 0 aromatic carbocycles. The van der Waals surface area contributed by atoms with Gasteiger partial charge in [-0.05, 0) is 114 Å². The van der Waals surface area contributed by atoms with E-state index in [4.69, 9.17) is 4.74 Å². The van der Waals surface area contributed by atoms with Crippen molar-refractivity contribution in [3.63, 3.8) is 0 Å². The van der Waals surface area contributed by atoms with Crippen LogP contribution in [0.15, 0.2) is 0 Å². The van der Waals surface area contributed by atoms with E-state index in [0.29, 0.717) is 33.7 Å². The van der Waals surface area contributed by atoms with Crippen molar-refractivity contribution in [1.29, 1.82) is 0 Å². The summed E-state index contributed by atoms with van der Waals surface area (Å²) in [4.78, 5) is 0.214. The maximum atomic E-state index is 11.2. The molecule has 6 rings (SSSR count). The van der Waals surface area contributed by atoms with E-state index >= 15 is 0 Å². The van der Waals surface area contributed by atoms with E-state index in [2.05, 4.69) is 64.4 Å². The van der Waals surface area contributed by atoms with Gasteiger partial charge in [0.15, 0.2) is 0 Å². The lowest BCUT2D eigenvalue weighted by Gasteiger charge is -2.73. The second-order valence-electron chi connectivity index (χ2n) is 15.8. The van der Waals surface area contributed by atoms with Gasteiger partial charge < -0.3 is 9.84 Å². The van der Waals surface area contributed by atoms with Crippen LogP contribution < -0.4 is 0 Å². The third kappa shape index (κ3) is 2.70. The van der Waals surface area contributed by atoms with E-state index < -0.39 is 0 Å². The molecule has 0 amide bonds. The molecule has 6 aliphatic rings. The molecular weight excluding hydrogens is 472 g/mol. The fraction of sp³-hybridized carbons (Fsp3) is 1.00. The summed E-state index contributed by atoms with van der Waals surface area (Å²) in [6, 6.07) is 0. The highest BCUT2D eigenvalue weighted by Crippen LogP contribution is 2.78. The van der Waals surface area contributed by atoms with Gasteiger partial charge in [0.05, 0.1) is 18.8 Å². The van der Waals surface area contributed by atoms with Crippen LogP contribution in [0.25, 0.3) is 0 Å². The molecule has 0 aromatic heterocycles. The van der Waals surface area contributed by atoms with Gasteiger partial charge in [-0.1, -0.05) is 64.4 Å². The molecule has 5 saturated carbocycles. The molecule has 2 bridgehead atoms. The van der Waals surface area contributed by atoms with Crippen molar-refractivity contribution in [2.45, 2.75) is 123 Å². The number of hydrogen-bond donors (Lipinski definition) is 1. The average molecular weight is 522 g/mol. The first kappa shape index (κ1) is 23.8. The zero-order valence-corrected chi connectivity index (χ0v) is 23.9. The molecule has 11 atom stereocenters. The summed E-state index contributed by atoms with van der Waals surface area (Å²) in [7, 11) is 0. The van der Waals surface area contributed by atoms with E-state index in [1.807, 2.05) is 0 Å². The summed E-state index contributed by atoms with van der Waals surface area (Å²) in [5, 5.41) is 11.2. The first-order valence-corrected chi connectivity index (χ1v) is 15.1. The average Bonchev–Trinajstić information content (AvgIpc) is 3.06. The lowest BCUT2D eigenvalue weighted by Crippen LogP contribution is -2.68. The highest BCUT2D eigenvalue weighted by Gasteiger charge is 2.73. The Kier molecular flexibility index (Phi) is 4.92. The molecule has 0 aromatic rings. The van der Waals surface area contributed by atoms with Crippen molar-refractivity contribution in [3.8, 4) is 0 Å². The predicted molar refractivity (Wildman–Crippen MR) is 138 cm³/mol. The molecule has 33 heavy (non-hydrogen) atoms. The molecule has 188 valence electrons. The van der Waals surface area contributed by atoms with Crippen molar-refractivity contribution in [2.24, 2.45) is 56.2 Å². The Labute approximate surface area is 211 Å². The Morgan fingerprint density at radius 1 is 0.788 bits per heavy atom. The van der Waals surface area contributed by atoms with Crippen molar-refractivity contribution in [1.82, 2.24) is 0 Å². The van der Waals surface area contributed by atoms with Gasteiger partial charge in [-0.25, -0.2) is 0 Å². The summed E-state index contributed by atoms with van der Waals surface area (Å²) in [6.07, 6.45) is 12.2. The maximum Gasteiger partial charge on any atom is 0.0675 e. The minimum absolute atomic E-state index is 0.141. The van der Waals surface area contributed by atoms with Gasteiger partial charge in [0, 0.05) is 4.83 Å². The monoisotopic (exact) mass is 520 g/mol. The summed E-state index contributed by atoms with van der Waals surface area (Å²) >= 11 is 3.93. The summed E-state index contributed by atoms with van der Waals surface area (Å²) in [5.41, 5.74) is 1.96. The van der Waals surface area contributed by atoms with Gasteiger partial charge in [-0.2, -0.15) is 0 Å². The van der Waals surface area contributed by atoms with Crippen molar-refractivity contribution >= 4 is 15.9 Å². The lowest BCUT2D eigenvalue weighted by molar-refractivity contribution is -0.248. The highest BCUT2D eigenvalue weighted by molar-refractivity contribution is 9.09. The van der Waals surface area contributed by atoms with Crippen LogP contribution in [0.1, 0.15) is 106 Å². The van der Waals surface area contributed by atoms with Gasteiger partial charge in [0.25, 0.3) is 0 Å². The van der Waals surface area contributed by atoms with Crippen LogP contribution in [0.2, 0.25) is 0 Å². The minimum atomic E-state index is -0.229. The molecule has 6 fully saturated rings. The van der Waals surface area contributed by atoms with Crippen molar-refractivity contribution in [3.05, 3.63) is 0 Å². The molecule has 1 N–H and O–H groups in total. The van der Waals surface area contributed by atoms with Gasteiger partial charge in [-0.15, -0.1) is 0 Å². The van der Waals surface area contributed by atoms with Gasteiger partial charge in [0.2, 0.25) is 0 Å². The van der Waals surface area contributed by atoms with Crippen LogP contribution in [0.5, 0.6) is 0 Å². The summed E-state index contributed by atoms with van der Waals surface area (Å²) in [6.45, 7) is 18.9. The second kappa shape index (κ2) is 6.83. The third-order valence-electron chi connectivity index (χ3n) is 14.0. The quantitative estimate of drug-likeness (QED) is 0.333. The number of fused-ring (bicyclic) bond motifs is 5. The maximum absolute atomic E-state index is 11.2. The van der Waals surface area contributed by atoms with Crippen LogP contribution in [0.3, 0.4) is 0 Å². The Bertz CT molecular complexity index is 837. The first-order valence-electron chi connectivity index (χ1n) is 14.2. The molecule has 0 unspecified atom stereocenters. The molecule has 1 saturated heterocycles. The normalized spacial score (nSPS) is 60.8. The molecular formula is C30H49BrO2. The molecule has 2 nitrogen and oxygen atoms in total. The lowest BCUT2D eigenvalue weighted by atomic mass is 9.31. The Balaban J connectivity index is 1.40. The van der Waals surface area contributed by atoms with Crippen LogP contribution in [-0.4, -0.2) is 28.7 Å². The number of alkyl halides is 1. The van der Waals surface area contributed by atoms with Crippen molar-refractivity contribution < 1.29 is 9.84 Å². The zero-order chi connectivity index (χ0) is 23.8. The minimum Gasteiger partial charge on any atom is -0.392 e. The number of aliphatic hydroxyl groups is 1. The Morgan fingerprint density at radius 3 is 2.21 bits per heavy atom. The van der Waals surface area contributed by atoms with Crippen LogP contribution >= 0.6 is 15.9 Å². The number of ether oxygens (including phenoxy) is 1. The summed E-state index contributed by atoms with van der Waals surface area (Å²) in [5.74, 6) is 3.00. The Morgan fingerprint density at radius 2 is 1.48 bits per heavy atom. The molecule has 1 heterocycles. The predicted octanol–water partition coefficient (Wildman–Crippen LogP) is 7.61. The molecule has 5 aliphatic carbocycles. The fourth-order valence-corrected chi connectivity index (χ4v) is 12.6. The van der Waals surface area contributed by atoms with Gasteiger partial charge in [0.1, 0.15) is 0 Å². The molecule has 0 spiro atoms. The number of rotatable bonds is 0. The van der Waals surface area contributed by atoms with E-state index in [-0.39, 0.29) is 21.8 Å². The fourth-order valence-electron chi connectivity index (χ4n) is 12.1. The van der Waals surface area contributed by atoms with Crippen LogP contribution in [-0.2, 0) is 4.74 Å². The van der Waals surface area contributed by atoms with Crippen LogP contribution in [0, 0.1) is 56.2 Å². The van der Waals surface area contributed by atoms with E-state index in [1.54, 1.807) is 0 Å². The van der Waals surface area contributed by atoms with Crippen LogP contribution in [0.4, 0.5) is 0 Å². The SMILES string of the molecule is CC1(C)CC[C@]23CC[C@]4(C)[C@H](CC[C@H]5[C@@]6(C)C[C@H](O)[C@@H](Br)C(C)(C)[C@@H]6CC[C@]54C)[C@H]2[C@H]1OC3. The molecule has 0 radical (unpaired) electrons. The van der Waals surface area contributed by atoms with E-state index in [9.17, 15) is 5.11 Å². The molecule has 3 heteroatoms. The topological polar surface area (TPSA) is 29.5 Å². The van der Waals surface area contributed by atoms with E-state index in [0.717, 1.165) is 30.8 Å². The summed E-state index contributed by atoms with van der Waals surface area (Å²) < 4.78 is 6.71. The highest BCUT2D eigenvalue weighted by atomic mass is 79.9. The Hall–Kier alpha value is 0.400. The second-order valence-corrected chi connectivity index (χ2v) is 16.8. The largest absolute Gasteiger partial charge is 0.392 e. The van der Waals surface area contributed by atoms with Gasteiger partial charge >= 0.3 is 0 Å². The van der Waals surface area contributed by atoms with Crippen molar-refractivity contribution in [2.75, 3.05) is 6.61 Å². The number of halogens is 1. The molecule has 1 aliphatic heterocycles. The number of aliphatic hydroxyl groups excluding tert-OH is 1. The zero-order valence-electron chi connectivity index (χ0n) is 22.3. The standard InChI is InChI=1S/C30H49BrO2/c1-25(2)12-14-30-15-13-28(6)18(22(30)24(25)33-17-30)8-9-21-27(5)16-19(32)23(31)26(3,4)20(27)10-11-29(21,28)7/h18-24,32H,8-17H2,1-7H3/t18-,19+,20+,21+,22+,23-,24-,27+,28-,29-,30-/m1/s1. The van der Waals surface area contributed by atoms with Gasteiger partial charge in [-0.3, -0.25) is 0 Å². The van der Waals surface area contributed by atoms with E-state index in [1.165, 1.54) is 51.4 Å². The first-order chi connectivity index (χ1) is 15.2.